The Morgan fingerprint density at radius 1 is 1.29 bits per heavy atom. The Morgan fingerprint density at radius 3 is 2.43 bits per heavy atom. The average molecular weight is 279 g/mol. The zero-order valence-electron chi connectivity index (χ0n) is 7.53. The summed E-state index contributed by atoms with van der Waals surface area (Å²) >= 11 is 4.95. The second-order valence-corrected chi connectivity index (χ2v) is 4.87. The van der Waals surface area contributed by atoms with Gasteiger partial charge in [0.05, 0.1) is 26.4 Å². The van der Waals surface area contributed by atoms with Gasteiger partial charge in [0.15, 0.2) is 0 Å². The molecule has 0 amide bonds. The summed E-state index contributed by atoms with van der Waals surface area (Å²) in [5.74, 6) is 0. The van der Waals surface area contributed by atoms with Gasteiger partial charge in [0.25, 0.3) is 0 Å². The minimum Gasteiger partial charge on any atom is -0.380 e. The number of thiophene rings is 1. The van der Waals surface area contributed by atoms with Crippen LogP contribution in [0, 0.1) is 0 Å². The van der Waals surface area contributed by atoms with Gasteiger partial charge in [-0.05, 0) is 21.3 Å². The third-order valence-corrected chi connectivity index (χ3v) is 3.87. The number of halogens is 1. The maximum atomic E-state index is 10.3. The highest BCUT2D eigenvalue weighted by Crippen LogP contribution is 2.33. The van der Waals surface area contributed by atoms with Crippen LogP contribution in [0.3, 0.4) is 0 Å². The van der Waals surface area contributed by atoms with Gasteiger partial charge in [-0.3, -0.25) is 0 Å². The fourth-order valence-electron chi connectivity index (χ4n) is 1.41. The zero-order chi connectivity index (χ0) is 10.0. The lowest BCUT2D eigenvalue weighted by atomic mass is 9.99. The van der Waals surface area contributed by atoms with Crippen LogP contribution in [-0.2, 0) is 15.1 Å². The van der Waals surface area contributed by atoms with Crippen molar-refractivity contribution in [2.24, 2.45) is 0 Å². The predicted molar refractivity (Wildman–Crippen MR) is 57.6 cm³/mol. The van der Waals surface area contributed by atoms with Crippen LogP contribution in [0.1, 0.15) is 5.56 Å². The van der Waals surface area contributed by atoms with Crippen LogP contribution >= 0.6 is 27.3 Å². The van der Waals surface area contributed by atoms with E-state index in [4.69, 9.17) is 9.47 Å². The molecule has 1 N–H and O–H groups in total. The maximum absolute atomic E-state index is 10.3. The van der Waals surface area contributed by atoms with Gasteiger partial charge in [0.2, 0.25) is 0 Å². The van der Waals surface area contributed by atoms with E-state index in [0.29, 0.717) is 26.4 Å². The molecule has 0 atom stereocenters. The van der Waals surface area contributed by atoms with Gasteiger partial charge in [-0.2, -0.15) is 11.3 Å². The summed E-state index contributed by atoms with van der Waals surface area (Å²) in [7, 11) is 0. The van der Waals surface area contributed by atoms with Crippen molar-refractivity contribution in [3.05, 3.63) is 20.8 Å². The predicted octanol–water partition coefficient (Wildman–Crippen LogP) is 1.75. The molecule has 78 valence electrons. The van der Waals surface area contributed by atoms with Crippen LogP contribution < -0.4 is 0 Å². The number of hydrogen-bond donors (Lipinski definition) is 1. The Morgan fingerprint density at radius 2 is 1.93 bits per heavy atom. The summed E-state index contributed by atoms with van der Waals surface area (Å²) in [6.45, 7) is 1.68. The lowest BCUT2D eigenvalue weighted by molar-refractivity contribution is -0.0601. The molecule has 1 aliphatic heterocycles. The topological polar surface area (TPSA) is 38.7 Å². The minimum atomic E-state index is -1.00. The lowest BCUT2D eigenvalue weighted by Crippen LogP contribution is -2.34. The van der Waals surface area contributed by atoms with Crippen LogP contribution in [0.15, 0.2) is 15.2 Å². The number of ether oxygens (including phenoxy) is 2. The van der Waals surface area contributed by atoms with Gasteiger partial charge in [0.1, 0.15) is 5.60 Å². The van der Waals surface area contributed by atoms with Crippen LogP contribution in [0.4, 0.5) is 0 Å². The van der Waals surface area contributed by atoms with Gasteiger partial charge in [-0.25, -0.2) is 0 Å². The second-order valence-electron chi connectivity index (χ2n) is 3.27. The van der Waals surface area contributed by atoms with Crippen molar-refractivity contribution in [2.75, 3.05) is 26.4 Å². The van der Waals surface area contributed by atoms with Gasteiger partial charge in [-0.1, -0.05) is 0 Å². The highest BCUT2D eigenvalue weighted by molar-refractivity contribution is 9.10. The quantitative estimate of drug-likeness (QED) is 0.851. The van der Waals surface area contributed by atoms with E-state index >= 15 is 0 Å². The summed E-state index contributed by atoms with van der Waals surface area (Å²) in [4.78, 5) is 0. The molecule has 1 aliphatic rings. The molecule has 1 aromatic heterocycles. The summed E-state index contributed by atoms with van der Waals surface area (Å²) in [5, 5.41) is 14.2. The molecular formula is C9H11BrO3S. The first-order valence-electron chi connectivity index (χ1n) is 4.32. The van der Waals surface area contributed by atoms with E-state index < -0.39 is 5.60 Å². The van der Waals surface area contributed by atoms with Crippen LogP contribution in [-0.4, -0.2) is 31.5 Å². The maximum Gasteiger partial charge on any atom is 0.138 e. The molecule has 2 heterocycles. The standard InChI is InChI=1S/C9H11BrO3S/c10-8-4-14-3-7(8)9(11)5-12-1-2-13-6-9/h3-4,11H,1-2,5-6H2. The fourth-order valence-corrected chi connectivity index (χ4v) is 3.17. The molecule has 0 bridgehead atoms. The molecule has 1 fully saturated rings. The lowest BCUT2D eigenvalue weighted by Gasteiger charge is -2.24. The van der Waals surface area contributed by atoms with Crippen molar-refractivity contribution < 1.29 is 14.6 Å². The van der Waals surface area contributed by atoms with Crippen LogP contribution in [0.25, 0.3) is 0 Å². The van der Waals surface area contributed by atoms with Crippen molar-refractivity contribution in [3.63, 3.8) is 0 Å². The summed E-state index contributed by atoms with van der Waals surface area (Å²) in [6, 6.07) is 0. The number of hydrogen-bond acceptors (Lipinski definition) is 4. The molecule has 0 unspecified atom stereocenters. The van der Waals surface area contributed by atoms with Gasteiger partial charge < -0.3 is 14.6 Å². The van der Waals surface area contributed by atoms with Gasteiger partial charge in [-0.15, -0.1) is 0 Å². The van der Waals surface area contributed by atoms with E-state index in [1.807, 2.05) is 10.8 Å². The first-order valence-corrected chi connectivity index (χ1v) is 6.06. The molecule has 2 rings (SSSR count). The normalized spacial score (nSPS) is 21.9. The average Bonchev–Trinajstić information content (AvgIpc) is 2.46. The molecule has 0 spiro atoms. The largest absolute Gasteiger partial charge is 0.380 e. The number of rotatable bonds is 1. The Kier molecular flexibility index (Phi) is 3.23. The third kappa shape index (κ3) is 2.01. The summed E-state index contributed by atoms with van der Waals surface area (Å²) in [6.07, 6.45) is 0. The highest BCUT2D eigenvalue weighted by atomic mass is 79.9. The molecular weight excluding hydrogens is 268 g/mol. The third-order valence-electron chi connectivity index (χ3n) is 2.17. The Labute approximate surface area is 94.8 Å². The van der Waals surface area contributed by atoms with E-state index in [1.54, 1.807) is 11.3 Å². The minimum absolute atomic E-state index is 0.294. The molecule has 0 saturated carbocycles. The Hall–Kier alpha value is 0.0600. The Balaban J connectivity index is 2.25. The molecule has 1 aromatic rings. The Bertz CT molecular complexity index is 305. The van der Waals surface area contributed by atoms with Crippen molar-refractivity contribution >= 4 is 27.3 Å². The fraction of sp³-hybridized carbons (Fsp3) is 0.556. The zero-order valence-corrected chi connectivity index (χ0v) is 9.94. The van der Waals surface area contributed by atoms with Crippen molar-refractivity contribution in [1.29, 1.82) is 0 Å². The summed E-state index contributed by atoms with van der Waals surface area (Å²) < 4.78 is 11.5. The van der Waals surface area contributed by atoms with E-state index in [-0.39, 0.29) is 0 Å². The smallest absolute Gasteiger partial charge is 0.138 e. The van der Waals surface area contributed by atoms with E-state index in [9.17, 15) is 5.11 Å². The molecule has 0 radical (unpaired) electrons. The first-order chi connectivity index (χ1) is 6.72. The van der Waals surface area contributed by atoms with Crippen LogP contribution in [0.5, 0.6) is 0 Å². The van der Waals surface area contributed by atoms with Crippen molar-refractivity contribution in [1.82, 2.24) is 0 Å². The summed E-state index contributed by atoms with van der Waals surface area (Å²) in [5.41, 5.74) is -0.153. The molecule has 14 heavy (non-hydrogen) atoms. The van der Waals surface area contributed by atoms with E-state index in [0.717, 1.165) is 10.0 Å². The van der Waals surface area contributed by atoms with Crippen molar-refractivity contribution in [2.45, 2.75) is 5.60 Å². The van der Waals surface area contributed by atoms with Crippen molar-refractivity contribution in [3.8, 4) is 0 Å². The molecule has 1 saturated heterocycles. The molecule has 3 nitrogen and oxygen atoms in total. The molecule has 0 aliphatic carbocycles. The first kappa shape index (κ1) is 10.6. The monoisotopic (exact) mass is 278 g/mol. The second kappa shape index (κ2) is 4.28. The molecule has 0 aromatic carbocycles. The highest BCUT2D eigenvalue weighted by Gasteiger charge is 2.34. The van der Waals surface area contributed by atoms with Gasteiger partial charge >= 0.3 is 0 Å². The SMILES string of the molecule is OC1(c2cscc2Br)COCCOC1. The van der Waals surface area contributed by atoms with Crippen LogP contribution in [0.2, 0.25) is 0 Å². The van der Waals surface area contributed by atoms with E-state index in [1.165, 1.54) is 0 Å². The van der Waals surface area contributed by atoms with E-state index in [2.05, 4.69) is 15.9 Å². The number of aliphatic hydroxyl groups is 1. The van der Waals surface area contributed by atoms with Gasteiger partial charge in [0, 0.05) is 15.4 Å². The molecule has 5 heteroatoms.